The number of pyridine rings is 1. The van der Waals surface area contributed by atoms with Crippen LogP contribution in [0.2, 0.25) is 0 Å². The van der Waals surface area contributed by atoms with E-state index < -0.39 is 6.10 Å². The minimum Gasteiger partial charge on any atom is -0.490 e. The van der Waals surface area contributed by atoms with Crippen LogP contribution in [-0.2, 0) is 6.42 Å². The molecule has 1 saturated carbocycles. The number of benzene rings is 1. The summed E-state index contributed by atoms with van der Waals surface area (Å²) in [4.78, 5) is 9.36. The molecule has 0 aliphatic heterocycles. The van der Waals surface area contributed by atoms with E-state index in [4.69, 9.17) is 19.1 Å². The molecular formula is C26H33N3O5. The number of aliphatic hydroxyl groups is 2. The van der Waals surface area contributed by atoms with E-state index in [1.54, 1.807) is 7.11 Å². The number of aryl methyl sites for hydroxylation is 2. The third-order valence-electron chi connectivity index (χ3n) is 6.35. The predicted octanol–water partition coefficient (Wildman–Crippen LogP) is 4.46. The number of rotatable bonds is 9. The summed E-state index contributed by atoms with van der Waals surface area (Å²) in [5.74, 6) is 2.60. The largest absolute Gasteiger partial charge is 0.490 e. The van der Waals surface area contributed by atoms with Crippen LogP contribution >= 0.6 is 0 Å². The van der Waals surface area contributed by atoms with Crippen molar-refractivity contribution in [2.75, 3.05) is 20.3 Å². The smallest absolute Gasteiger partial charge is 0.258 e. The first-order valence-electron chi connectivity index (χ1n) is 12.0. The molecule has 34 heavy (non-hydrogen) atoms. The normalized spacial score (nSPS) is 15.3. The van der Waals surface area contributed by atoms with Crippen LogP contribution < -0.4 is 9.47 Å². The molecule has 1 aliphatic rings. The molecule has 182 valence electrons. The Labute approximate surface area is 200 Å². The molecule has 1 fully saturated rings. The summed E-state index contributed by atoms with van der Waals surface area (Å²) < 4.78 is 16.9. The van der Waals surface area contributed by atoms with Crippen molar-refractivity contribution in [3.8, 4) is 34.5 Å². The Morgan fingerprint density at radius 1 is 1.09 bits per heavy atom. The molecule has 0 saturated heterocycles. The topological polar surface area (TPSA) is 111 Å². The molecular weight excluding hydrogens is 434 g/mol. The van der Waals surface area contributed by atoms with Gasteiger partial charge in [0.15, 0.2) is 0 Å². The molecule has 1 unspecified atom stereocenters. The number of nitrogens with zero attached hydrogens (tertiary/aromatic N) is 3. The zero-order valence-electron chi connectivity index (χ0n) is 20.1. The fraction of sp³-hybridized carbons (Fsp3) is 0.500. The third-order valence-corrected chi connectivity index (χ3v) is 6.35. The molecule has 8 nitrogen and oxygen atoms in total. The Balaban J connectivity index is 1.63. The van der Waals surface area contributed by atoms with Crippen molar-refractivity contribution in [2.24, 2.45) is 0 Å². The molecule has 0 radical (unpaired) electrons. The molecule has 0 bridgehead atoms. The molecule has 8 heteroatoms. The number of ether oxygens (including phenoxy) is 2. The van der Waals surface area contributed by atoms with E-state index >= 15 is 0 Å². The van der Waals surface area contributed by atoms with Crippen molar-refractivity contribution in [1.29, 1.82) is 0 Å². The van der Waals surface area contributed by atoms with Crippen LogP contribution in [0.1, 0.15) is 61.8 Å². The van der Waals surface area contributed by atoms with Crippen molar-refractivity contribution in [3.63, 3.8) is 0 Å². The molecule has 1 aliphatic carbocycles. The zero-order chi connectivity index (χ0) is 24.1. The first kappa shape index (κ1) is 24.2. The van der Waals surface area contributed by atoms with Crippen molar-refractivity contribution < 1.29 is 24.2 Å². The predicted molar refractivity (Wildman–Crippen MR) is 128 cm³/mol. The van der Waals surface area contributed by atoms with Crippen LogP contribution in [0.25, 0.3) is 22.8 Å². The first-order chi connectivity index (χ1) is 16.5. The van der Waals surface area contributed by atoms with E-state index in [1.165, 1.54) is 19.3 Å². The van der Waals surface area contributed by atoms with E-state index in [1.807, 2.05) is 38.1 Å². The summed E-state index contributed by atoms with van der Waals surface area (Å²) in [6, 6.07) is 7.79. The molecule has 2 N–H and O–H groups in total. The van der Waals surface area contributed by atoms with Gasteiger partial charge in [-0.2, -0.15) is 4.98 Å². The summed E-state index contributed by atoms with van der Waals surface area (Å²) in [5, 5.41) is 22.9. The van der Waals surface area contributed by atoms with Crippen LogP contribution in [0, 0.1) is 6.92 Å². The van der Waals surface area contributed by atoms with Gasteiger partial charge >= 0.3 is 0 Å². The molecule has 1 aromatic carbocycles. The average Bonchev–Trinajstić information content (AvgIpc) is 3.38. The Bertz CT molecular complexity index is 1110. The second kappa shape index (κ2) is 11.0. The Morgan fingerprint density at radius 3 is 2.59 bits per heavy atom. The number of methoxy groups -OCH3 is 1. The van der Waals surface area contributed by atoms with Gasteiger partial charge < -0.3 is 24.2 Å². The van der Waals surface area contributed by atoms with Crippen LogP contribution in [0.4, 0.5) is 0 Å². The molecule has 0 amide bonds. The molecule has 0 spiro atoms. The molecule has 2 heterocycles. The minimum absolute atomic E-state index is 0.0310. The van der Waals surface area contributed by atoms with Gasteiger partial charge in [-0.05, 0) is 55.5 Å². The van der Waals surface area contributed by atoms with E-state index in [2.05, 4.69) is 15.1 Å². The standard InChI is InChI=1S/C26H33N3O5/c1-4-17-11-19(10-16(2)24(17)33-15-21(31)14-30)25-28-26(34-29-25)20-12-22(27-23(13-20)32-3)18-8-6-5-7-9-18/h10-13,18,21,30-31H,4-9,14-15H2,1-3H3. The SMILES string of the molecule is CCc1cc(-c2noc(-c3cc(OC)nc(C4CCCCC4)c3)n2)cc(C)c1OCC(O)CO. The molecule has 4 rings (SSSR count). The fourth-order valence-electron chi connectivity index (χ4n) is 4.50. The highest BCUT2D eigenvalue weighted by molar-refractivity contribution is 5.64. The maximum Gasteiger partial charge on any atom is 0.258 e. The summed E-state index contributed by atoms with van der Waals surface area (Å²) >= 11 is 0. The summed E-state index contributed by atoms with van der Waals surface area (Å²) in [7, 11) is 1.62. The zero-order valence-corrected chi connectivity index (χ0v) is 20.1. The minimum atomic E-state index is -0.917. The average molecular weight is 468 g/mol. The van der Waals surface area contributed by atoms with Crippen molar-refractivity contribution in [1.82, 2.24) is 15.1 Å². The van der Waals surface area contributed by atoms with Gasteiger partial charge in [-0.15, -0.1) is 0 Å². The Hall–Kier alpha value is -2.97. The fourth-order valence-corrected chi connectivity index (χ4v) is 4.50. The number of aliphatic hydroxyl groups excluding tert-OH is 2. The first-order valence-corrected chi connectivity index (χ1v) is 12.0. The highest BCUT2D eigenvalue weighted by Crippen LogP contribution is 2.36. The van der Waals surface area contributed by atoms with Gasteiger partial charge in [0.25, 0.3) is 5.89 Å². The maximum absolute atomic E-state index is 9.64. The molecule has 1 atom stereocenters. The van der Waals surface area contributed by atoms with Gasteiger partial charge in [0.2, 0.25) is 11.7 Å². The summed E-state index contributed by atoms with van der Waals surface area (Å²) in [6.45, 7) is 3.66. The van der Waals surface area contributed by atoms with E-state index in [9.17, 15) is 5.11 Å². The number of hydrogen-bond acceptors (Lipinski definition) is 8. The lowest BCUT2D eigenvalue weighted by atomic mass is 9.86. The second-order valence-corrected chi connectivity index (χ2v) is 8.86. The Kier molecular flexibility index (Phi) is 7.80. The summed E-state index contributed by atoms with van der Waals surface area (Å²) in [5.41, 5.74) is 4.52. The lowest BCUT2D eigenvalue weighted by molar-refractivity contribution is 0.0531. The maximum atomic E-state index is 9.64. The Morgan fingerprint density at radius 2 is 1.88 bits per heavy atom. The van der Waals surface area contributed by atoms with Gasteiger partial charge in [-0.25, -0.2) is 4.98 Å². The molecule has 3 aromatic rings. The van der Waals surface area contributed by atoms with E-state index in [0.29, 0.717) is 29.3 Å². The van der Waals surface area contributed by atoms with Crippen LogP contribution in [0.3, 0.4) is 0 Å². The van der Waals surface area contributed by atoms with Gasteiger partial charge in [0.05, 0.1) is 13.7 Å². The van der Waals surface area contributed by atoms with Gasteiger partial charge in [-0.1, -0.05) is 31.3 Å². The lowest BCUT2D eigenvalue weighted by Gasteiger charge is -2.21. The van der Waals surface area contributed by atoms with Gasteiger partial charge in [0, 0.05) is 28.8 Å². The number of hydrogen-bond donors (Lipinski definition) is 2. The van der Waals surface area contributed by atoms with Crippen LogP contribution in [0.15, 0.2) is 28.8 Å². The van der Waals surface area contributed by atoms with E-state index in [0.717, 1.165) is 47.2 Å². The highest BCUT2D eigenvalue weighted by Gasteiger charge is 2.21. The lowest BCUT2D eigenvalue weighted by Crippen LogP contribution is -2.22. The molecule has 2 aromatic heterocycles. The van der Waals surface area contributed by atoms with Crippen LogP contribution in [0.5, 0.6) is 11.6 Å². The quantitative estimate of drug-likeness (QED) is 0.475. The summed E-state index contributed by atoms with van der Waals surface area (Å²) in [6.07, 6.45) is 5.82. The van der Waals surface area contributed by atoms with Gasteiger partial charge in [0.1, 0.15) is 18.5 Å². The second-order valence-electron chi connectivity index (χ2n) is 8.86. The van der Waals surface area contributed by atoms with E-state index in [-0.39, 0.29) is 13.2 Å². The van der Waals surface area contributed by atoms with Gasteiger partial charge in [-0.3, -0.25) is 0 Å². The number of aromatic nitrogens is 3. The third kappa shape index (κ3) is 5.39. The van der Waals surface area contributed by atoms with Crippen molar-refractivity contribution in [2.45, 2.75) is 64.4 Å². The van der Waals surface area contributed by atoms with Crippen molar-refractivity contribution >= 4 is 0 Å². The van der Waals surface area contributed by atoms with Crippen molar-refractivity contribution in [3.05, 3.63) is 41.1 Å². The highest BCUT2D eigenvalue weighted by atomic mass is 16.5. The van der Waals surface area contributed by atoms with Crippen LogP contribution in [-0.4, -0.2) is 51.8 Å². The monoisotopic (exact) mass is 467 g/mol.